The van der Waals surface area contributed by atoms with Crippen molar-refractivity contribution in [3.8, 4) is 0 Å². The zero-order valence-electron chi connectivity index (χ0n) is 9.78. The molecule has 17 heavy (non-hydrogen) atoms. The monoisotopic (exact) mass is 236 g/mol. The van der Waals surface area contributed by atoms with E-state index in [-0.39, 0.29) is 5.69 Å². The lowest BCUT2D eigenvalue weighted by Crippen LogP contribution is -2.07. The van der Waals surface area contributed by atoms with E-state index in [1.165, 1.54) is 18.0 Å². The third kappa shape index (κ3) is 2.14. The molecule has 0 unspecified atom stereocenters. The topological polar surface area (TPSA) is 87.7 Å². The second kappa shape index (κ2) is 4.32. The van der Waals surface area contributed by atoms with Gasteiger partial charge in [-0.3, -0.25) is 0 Å². The van der Waals surface area contributed by atoms with Crippen molar-refractivity contribution in [1.82, 2.24) is 29.8 Å². The van der Waals surface area contributed by atoms with Gasteiger partial charge in [0.05, 0.1) is 13.3 Å². The maximum absolute atomic E-state index is 11.2. The molecule has 0 spiro atoms. The highest BCUT2D eigenvalue weighted by molar-refractivity contribution is 5.86. The maximum Gasteiger partial charge on any atom is 0.360 e. The smallest absolute Gasteiger partial charge is 0.360 e. The second-order valence-electron chi connectivity index (χ2n) is 3.52. The Bertz CT molecular complexity index is 543. The number of nitrogens with zero attached hydrogens (tertiary/aromatic N) is 6. The van der Waals surface area contributed by atoms with E-state index >= 15 is 0 Å². The molecule has 0 aliphatic heterocycles. The minimum absolute atomic E-state index is 0.173. The fourth-order valence-corrected chi connectivity index (χ4v) is 1.31. The van der Waals surface area contributed by atoms with Gasteiger partial charge in [-0.15, -0.1) is 15.3 Å². The Morgan fingerprint density at radius 3 is 2.76 bits per heavy atom. The Morgan fingerprint density at radius 2 is 2.18 bits per heavy atom. The molecule has 0 fully saturated rings. The molecule has 8 heteroatoms. The van der Waals surface area contributed by atoms with E-state index in [0.717, 1.165) is 11.6 Å². The highest BCUT2D eigenvalue weighted by Crippen LogP contribution is 2.01. The summed E-state index contributed by atoms with van der Waals surface area (Å²) < 4.78 is 7.90. The summed E-state index contributed by atoms with van der Waals surface area (Å²) in [5, 5.41) is 15.4. The van der Waals surface area contributed by atoms with Crippen LogP contribution in [0.3, 0.4) is 0 Å². The molecule has 0 amide bonds. The van der Waals surface area contributed by atoms with Gasteiger partial charge in [-0.25, -0.2) is 9.48 Å². The molecule has 0 aliphatic carbocycles. The summed E-state index contributed by atoms with van der Waals surface area (Å²) >= 11 is 0. The lowest BCUT2D eigenvalue weighted by molar-refractivity contribution is 0.0594. The van der Waals surface area contributed by atoms with Crippen LogP contribution in [0.2, 0.25) is 0 Å². The molecule has 0 radical (unpaired) electrons. The van der Waals surface area contributed by atoms with Gasteiger partial charge in [0.1, 0.15) is 12.4 Å². The van der Waals surface area contributed by atoms with Gasteiger partial charge >= 0.3 is 5.97 Å². The third-order valence-electron chi connectivity index (χ3n) is 2.42. The molecule has 2 heterocycles. The van der Waals surface area contributed by atoms with Crippen LogP contribution in [0.5, 0.6) is 0 Å². The van der Waals surface area contributed by atoms with Crippen LogP contribution < -0.4 is 0 Å². The first-order chi connectivity index (χ1) is 8.11. The van der Waals surface area contributed by atoms with E-state index in [1.807, 2.05) is 18.5 Å². The molecular weight excluding hydrogens is 224 g/mol. The number of carbonyl (C=O) groups is 1. The molecule has 0 N–H and O–H groups in total. The Balaban J connectivity index is 2.17. The molecule has 90 valence electrons. The van der Waals surface area contributed by atoms with Gasteiger partial charge in [0.25, 0.3) is 0 Å². The summed E-state index contributed by atoms with van der Waals surface area (Å²) in [6.45, 7) is 2.26. The number of esters is 1. The molecule has 0 saturated heterocycles. The fraction of sp³-hybridized carbons (Fsp3) is 0.444. The van der Waals surface area contributed by atoms with Crippen LogP contribution in [0.4, 0.5) is 0 Å². The molecule has 0 atom stereocenters. The predicted octanol–water partition coefficient (Wildman–Crippen LogP) is -0.450. The van der Waals surface area contributed by atoms with Crippen LogP contribution in [0.25, 0.3) is 0 Å². The van der Waals surface area contributed by atoms with Gasteiger partial charge in [0.15, 0.2) is 11.5 Å². The van der Waals surface area contributed by atoms with E-state index in [2.05, 4.69) is 25.2 Å². The van der Waals surface area contributed by atoms with Crippen molar-refractivity contribution in [2.75, 3.05) is 7.11 Å². The number of hydrogen-bond donors (Lipinski definition) is 0. The summed E-state index contributed by atoms with van der Waals surface area (Å²) in [6.07, 6.45) is 1.51. The van der Waals surface area contributed by atoms with Crippen LogP contribution in [0.15, 0.2) is 6.20 Å². The first-order valence-electron chi connectivity index (χ1n) is 4.95. The lowest BCUT2D eigenvalue weighted by atomic mass is 10.5. The standard InChI is InChI=1S/C9H12N6O2/c1-6-10-12-8(14(6)2)5-15-4-7(11-13-15)9(16)17-3/h4H,5H2,1-3H3. The Kier molecular flexibility index (Phi) is 2.86. The van der Waals surface area contributed by atoms with Crippen molar-refractivity contribution in [1.29, 1.82) is 0 Å². The van der Waals surface area contributed by atoms with Gasteiger partial charge in [-0.05, 0) is 6.92 Å². The van der Waals surface area contributed by atoms with E-state index < -0.39 is 5.97 Å². The normalized spacial score (nSPS) is 10.5. The van der Waals surface area contributed by atoms with E-state index in [9.17, 15) is 4.79 Å². The Labute approximate surface area is 97.2 Å². The minimum Gasteiger partial charge on any atom is -0.464 e. The summed E-state index contributed by atoms with van der Waals surface area (Å²) in [5.41, 5.74) is 0.173. The molecule has 2 aromatic heterocycles. The lowest BCUT2D eigenvalue weighted by Gasteiger charge is -2.00. The van der Waals surface area contributed by atoms with Gasteiger partial charge in [0, 0.05) is 7.05 Å². The highest BCUT2D eigenvalue weighted by Gasteiger charge is 2.12. The molecular formula is C9H12N6O2. The van der Waals surface area contributed by atoms with Crippen molar-refractivity contribution in [3.63, 3.8) is 0 Å². The molecule has 0 aliphatic rings. The van der Waals surface area contributed by atoms with Crippen molar-refractivity contribution >= 4 is 5.97 Å². The molecule has 0 bridgehead atoms. The minimum atomic E-state index is -0.509. The van der Waals surface area contributed by atoms with E-state index in [0.29, 0.717) is 6.54 Å². The Morgan fingerprint density at radius 1 is 1.41 bits per heavy atom. The maximum atomic E-state index is 11.2. The predicted molar refractivity (Wildman–Crippen MR) is 56.2 cm³/mol. The number of methoxy groups -OCH3 is 1. The van der Waals surface area contributed by atoms with Crippen molar-refractivity contribution in [2.45, 2.75) is 13.5 Å². The van der Waals surface area contributed by atoms with Crippen LogP contribution in [0.1, 0.15) is 22.1 Å². The zero-order valence-corrected chi connectivity index (χ0v) is 9.78. The average Bonchev–Trinajstić information content (AvgIpc) is 2.91. The van der Waals surface area contributed by atoms with E-state index in [4.69, 9.17) is 0 Å². The van der Waals surface area contributed by atoms with Crippen molar-refractivity contribution in [2.24, 2.45) is 7.05 Å². The summed E-state index contributed by atoms with van der Waals surface area (Å²) in [4.78, 5) is 11.2. The summed E-state index contributed by atoms with van der Waals surface area (Å²) in [6, 6.07) is 0. The Hall–Kier alpha value is -2.25. The first-order valence-corrected chi connectivity index (χ1v) is 4.95. The SMILES string of the molecule is COC(=O)c1cn(Cc2nnc(C)n2C)nn1. The fourth-order valence-electron chi connectivity index (χ4n) is 1.31. The first kappa shape index (κ1) is 11.2. The van der Waals surface area contributed by atoms with Crippen LogP contribution in [-0.4, -0.2) is 42.8 Å². The largest absolute Gasteiger partial charge is 0.464 e. The number of aryl methyl sites for hydroxylation is 1. The second-order valence-corrected chi connectivity index (χ2v) is 3.52. The molecule has 0 saturated carbocycles. The van der Waals surface area contributed by atoms with Gasteiger partial charge in [-0.1, -0.05) is 5.21 Å². The zero-order chi connectivity index (χ0) is 12.4. The summed E-state index contributed by atoms with van der Waals surface area (Å²) in [7, 11) is 3.16. The number of carbonyl (C=O) groups excluding carboxylic acids is 1. The van der Waals surface area contributed by atoms with Gasteiger partial charge in [0.2, 0.25) is 0 Å². The average molecular weight is 236 g/mol. The molecule has 0 aromatic carbocycles. The number of ether oxygens (including phenoxy) is 1. The summed E-state index contributed by atoms with van der Waals surface area (Å²) in [5.74, 6) is 1.04. The highest BCUT2D eigenvalue weighted by atomic mass is 16.5. The van der Waals surface area contributed by atoms with Crippen molar-refractivity contribution < 1.29 is 9.53 Å². The third-order valence-corrected chi connectivity index (χ3v) is 2.42. The van der Waals surface area contributed by atoms with Gasteiger partial charge < -0.3 is 9.30 Å². The van der Waals surface area contributed by atoms with Crippen LogP contribution >= 0.6 is 0 Å². The van der Waals surface area contributed by atoms with Crippen LogP contribution in [-0.2, 0) is 18.3 Å². The number of aromatic nitrogens is 6. The van der Waals surface area contributed by atoms with Crippen LogP contribution in [0, 0.1) is 6.92 Å². The van der Waals surface area contributed by atoms with E-state index in [1.54, 1.807) is 0 Å². The molecule has 2 rings (SSSR count). The number of hydrogen-bond acceptors (Lipinski definition) is 6. The molecule has 2 aromatic rings. The van der Waals surface area contributed by atoms with Crippen molar-refractivity contribution in [3.05, 3.63) is 23.5 Å². The number of rotatable bonds is 3. The molecule has 8 nitrogen and oxygen atoms in total. The van der Waals surface area contributed by atoms with Gasteiger partial charge in [-0.2, -0.15) is 0 Å². The quantitative estimate of drug-likeness (QED) is 0.671.